The maximum Gasteiger partial charge on any atom is 0.239 e. The Hall–Kier alpha value is -3.77. The maximum absolute atomic E-state index is 14.2. The van der Waals surface area contributed by atoms with Gasteiger partial charge in [0.1, 0.15) is 64.8 Å². The van der Waals surface area contributed by atoms with Crippen LogP contribution in [0.25, 0.3) is 22.3 Å². The van der Waals surface area contributed by atoms with E-state index in [4.69, 9.17) is 23.4 Å². The highest BCUT2D eigenvalue weighted by Gasteiger charge is 2.51. The molecule has 9 N–H and O–H groups in total. The van der Waals surface area contributed by atoms with Gasteiger partial charge in [-0.2, -0.15) is 0 Å². The van der Waals surface area contributed by atoms with Gasteiger partial charge in [0.2, 0.25) is 17.5 Å². The van der Waals surface area contributed by atoms with E-state index < -0.39 is 84.9 Å². The summed E-state index contributed by atoms with van der Waals surface area (Å²) in [5.41, 5.74) is 0.152. The molecule has 15 heteroatoms. The molecule has 2 aromatic carbocycles. The molecular weight excluding hydrogens is 624 g/mol. The average molecular weight is 663 g/mol. The molecular formula is C32H38O15. The zero-order valence-corrected chi connectivity index (χ0v) is 25.6. The minimum Gasteiger partial charge on any atom is -0.508 e. The van der Waals surface area contributed by atoms with E-state index in [2.05, 4.69) is 0 Å². The smallest absolute Gasteiger partial charge is 0.239 e. The normalized spacial score (nSPS) is 31.1. The van der Waals surface area contributed by atoms with Crippen molar-refractivity contribution in [2.24, 2.45) is 0 Å². The fourth-order valence-electron chi connectivity index (χ4n) is 5.48. The summed E-state index contributed by atoms with van der Waals surface area (Å²) in [6.07, 6.45) is -14.5. The number of allylic oxidation sites excluding steroid dienone is 2. The van der Waals surface area contributed by atoms with Crippen molar-refractivity contribution in [2.75, 3.05) is 6.61 Å². The summed E-state index contributed by atoms with van der Waals surface area (Å²) in [5, 5.41) is 93.5. The van der Waals surface area contributed by atoms with Gasteiger partial charge >= 0.3 is 0 Å². The number of hydrogen-bond acceptors (Lipinski definition) is 15. The Kier molecular flexibility index (Phi) is 10.1. The van der Waals surface area contributed by atoms with Crippen molar-refractivity contribution in [3.8, 4) is 34.3 Å². The number of phenols is 3. The Labute approximate surface area is 267 Å². The van der Waals surface area contributed by atoms with Crippen molar-refractivity contribution in [1.29, 1.82) is 0 Å². The van der Waals surface area contributed by atoms with Gasteiger partial charge in [-0.25, -0.2) is 0 Å². The van der Waals surface area contributed by atoms with Gasteiger partial charge in [-0.1, -0.05) is 11.6 Å². The van der Waals surface area contributed by atoms with Crippen molar-refractivity contribution < 1.29 is 69.3 Å². The molecule has 3 heterocycles. The Bertz CT molecular complexity index is 1660. The molecule has 256 valence electrons. The van der Waals surface area contributed by atoms with E-state index in [0.29, 0.717) is 0 Å². The first-order chi connectivity index (χ1) is 22.2. The van der Waals surface area contributed by atoms with Crippen LogP contribution in [-0.2, 0) is 20.6 Å². The molecule has 0 bridgehead atoms. The van der Waals surface area contributed by atoms with Gasteiger partial charge in [0.25, 0.3) is 0 Å². The molecule has 1 aromatic heterocycles. The molecule has 15 nitrogen and oxygen atoms in total. The van der Waals surface area contributed by atoms with Gasteiger partial charge in [-0.05, 0) is 51.5 Å². The second-order valence-corrected chi connectivity index (χ2v) is 11.8. The standard InChI is InChI=1S/C32H38O15/c1-12(2)4-9-16-17(35)10-18(36)20-23(39)29(27(45-28(16)20)14-5-7-15(34)8-6-14)46-32-30(25(41)22(38)19(11-33)44-32)47-31-26(42)24(40)21(37)13(3)43-31/h4-8,10,13,19,21-22,24-26,30-38,40-42H,9,11H2,1-3H3/t13-,19-,21+,22-,24-,25+,26-,30+,31+,32+/m1/s1. The minimum atomic E-state index is -1.88. The quantitative estimate of drug-likeness (QED) is 0.145. The predicted molar refractivity (Wildman–Crippen MR) is 162 cm³/mol. The van der Waals surface area contributed by atoms with Crippen LogP contribution in [0.4, 0.5) is 0 Å². The predicted octanol–water partition coefficient (Wildman–Crippen LogP) is 0.116. The van der Waals surface area contributed by atoms with E-state index in [1.807, 2.05) is 13.8 Å². The first-order valence-electron chi connectivity index (χ1n) is 14.8. The van der Waals surface area contributed by atoms with Crippen LogP contribution in [-0.4, -0.2) is 114 Å². The van der Waals surface area contributed by atoms with Crippen LogP contribution in [0, 0.1) is 0 Å². The van der Waals surface area contributed by atoms with Crippen molar-refractivity contribution in [1.82, 2.24) is 0 Å². The number of fused-ring (bicyclic) bond motifs is 1. The van der Waals surface area contributed by atoms with Gasteiger partial charge in [0, 0.05) is 17.2 Å². The Balaban J connectivity index is 1.66. The van der Waals surface area contributed by atoms with Gasteiger partial charge in [0.15, 0.2) is 18.2 Å². The second-order valence-electron chi connectivity index (χ2n) is 11.8. The molecule has 0 radical (unpaired) electrons. The molecule has 2 aliphatic heterocycles. The highest BCUT2D eigenvalue weighted by Crippen LogP contribution is 2.41. The summed E-state index contributed by atoms with van der Waals surface area (Å²) >= 11 is 0. The van der Waals surface area contributed by atoms with Crippen LogP contribution < -0.4 is 10.2 Å². The van der Waals surface area contributed by atoms with E-state index >= 15 is 0 Å². The average Bonchev–Trinajstić information content (AvgIpc) is 3.02. The van der Waals surface area contributed by atoms with Crippen molar-refractivity contribution in [3.05, 3.63) is 57.8 Å². The fraction of sp³-hybridized carbons (Fsp3) is 0.469. The molecule has 3 aromatic rings. The lowest BCUT2D eigenvalue weighted by molar-refractivity contribution is -0.354. The molecule has 0 amide bonds. The molecule has 0 saturated carbocycles. The Morgan fingerprint density at radius 2 is 1.55 bits per heavy atom. The lowest BCUT2D eigenvalue weighted by Crippen LogP contribution is -2.64. The van der Waals surface area contributed by atoms with E-state index in [1.165, 1.54) is 31.2 Å². The highest BCUT2D eigenvalue weighted by molar-refractivity contribution is 5.91. The summed E-state index contributed by atoms with van der Waals surface area (Å²) in [6, 6.07) is 6.39. The zero-order valence-electron chi connectivity index (χ0n) is 25.6. The fourth-order valence-corrected chi connectivity index (χ4v) is 5.48. The molecule has 2 saturated heterocycles. The summed E-state index contributed by atoms with van der Waals surface area (Å²) in [4.78, 5) is 14.2. The maximum atomic E-state index is 14.2. The summed E-state index contributed by atoms with van der Waals surface area (Å²) in [5.74, 6) is -1.95. The number of hydrogen-bond donors (Lipinski definition) is 9. The molecule has 2 aliphatic rings. The monoisotopic (exact) mass is 662 g/mol. The number of aliphatic hydroxyl groups excluding tert-OH is 6. The summed E-state index contributed by atoms with van der Waals surface area (Å²) < 4.78 is 29.1. The topological polar surface area (TPSA) is 249 Å². The number of rotatable bonds is 8. The number of aromatic hydroxyl groups is 3. The van der Waals surface area contributed by atoms with Crippen molar-refractivity contribution in [3.63, 3.8) is 0 Å². The van der Waals surface area contributed by atoms with E-state index in [-0.39, 0.29) is 45.8 Å². The molecule has 0 aliphatic carbocycles. The van der Waals surface area contributed by atoms with Crippen LogP contribution in [0.3, 0.4) is 0 Å². The number of benzene rings is 2. The third-order valence-electron chi connectivity index (χ3n) is 8.19. The minimum absolute atomic E-state index is 0.113. The number of ether oxygens (including phenoxy) is 4. The molecule has 5 rings (SSSR count). The number of phenolic OH excluding ortho intramolecular Hbond substituents is 3. The van der Waals surface area contributed by atoms with E-state index in [0.717, 1.165) is 11.6 Å². The van der Waals surface area contributed by atoms with Gasteiger partial charge in [-0.3, -0.25) is 4.79 Å². The number of aliphatic hydroxyl groups is 6. The van der Waals surface area contributed by atoms with Gasteiger partial charge in [-0.15, -0.1) is 0 Å². The lowest BCUT2D eigenvalue weighted by atomic mass is 9.97. The molecule has 10 atom stereocenters. The highest BCUT2D eigenvalue weighted by atomic mass is 16.8. The van der Waals surface area contributed by atoms with Crippen LogP contribution in [0.1, 0.15) is 26.3 Å². The Morgan fingerprint density at radius 3 is 2.19 bits per heavy atom. The molecule has 2 fully saturated rings. The van der Waals surface area contributed by atoms with Crippen molar-refractivity contribution >= 4 is 11.0 Å². The van der Waals surface area contributed by atoms with E-state index in [1.54, 1.807) is 6.08 Å². The van der Waals surface area contributed by atoms with Gasteiger partial charge < -0.3 is 69.3 Å². The zero-order chi connectivity index (χ0) is 34.3. The Morgan fingerprint density at radius 1 is 0.872 bits per heavy atom. The molecule has 0 unspecified atom stereocenters. The molecule has 47 heavy (non-hydrogen) atoms. The SMILES string of the molecule is CC(C)=CCc1c(O)cc(O)c2c(=O)c(O[C@@H]3O[C@H](CO)[C@@H](O)[C@H](O)[C@@H]3O[C@@H]3O[C@H](C)[C@H](O)[C@@H](O)[C@H]3O)c(-c3ccc(O)cc3)oc12. The molecule has 0 spiro atoms. The third kappa shape index (κ3) is 6.67. The van der Waals surface area contributed by atoms with Crippen LogP contribution in [0.2, 0.25) is 0 Å². The van der Waals surface area contributed by atoms with E-state index in [9.17, 15) is 50.8 Å². The van der Waals surface area contributed by atoms with Crippen LogP contribution in [0.5, 0.6) is 23.0 Å². The lowest BCUT2D eigenvalue weighted by Gasteiger charge is -2.45. The van der Waals surface area contributed by atoms with Crippen molar-refractivity contribution in [2.45, 2.75) is 88.6 Å². The first-order valence-corrected chi connectivity index (χ1v) is 14.8. The van der Waals surface area contributed by atoms with Gasteiger partial charge in [0.05, 0.1) is 12.7 Å². The van der Waals surface area contributed by atoms with Crippen LogP contribution in [0.15, 0.2) is 51.2 Å². The van der Waals surface area contributed by atoms with Crippen LogP contribution >= 0.6 is 0 Å². The summed E-state index contributed by atoms with van der Waals surface area (Å²) in [7, 11) is 0. The summed E-state index contributed by atoms with van der Waals surface area (Å²) in [6.45, 7) is 4.26. The largest absolute Gasteiger partial charge is 0.508 e. The second kappa shape index (κ2) is 13.8. The first kappa shape index (κ1) is 34.6. The third-order valence-corrected chi connectivity index (χ3v) is 8.19.